The molecule has 5 aliphatic carbocycles. The van der Waals surface area contributed by atoms with E-state index >= 15 is 28.8 Å². The van der Waals surface area contributed by atoms with Crippen LogP contribution in [0.25, 0.3) is 11.1 Å². The van der Waals surface area contributed by atoms with Crippen LogP contribution in [0.4, 0.5) is 0 Å². The molecule has 6 aromatic carbocycles. The number of fused-ring (bicyclic) bond motifs is 12. The molecule has 0 aromatic heterocycles. The molecule has 6 aliphatic heterocycles. The molecule has 0 unspecified atom stereocenters. The second kappa shape index (κ2) is 32.7. The molecule has 5 fully saturated rings. The van der Waals surface area contributed by atoms with E-state index in [9.17, 15) is 64.0 Å². The number of hydrogen-bond acceptors (Lipinski definition) is 26. The number of sulfonamides is 1. The third-order valence-corrected chi connectivity index (χ3v) is 24.5. The van der Waals surface area contributed by atoms with E-state index in [4.69, 9.17) is 52.6 Å². The van der Waals surface area contributed by atoms with Crippen molar-refractivity contribution >= 4 is 80.5 Å². The number of aromatic hydroxyl groups is 1. The van der Waals surface area contributed by atoms with Gasteiger partial charge < -0.3 is 118 Å². The van der Waals surface area contributed by atoms with E-state index in [1.54, 1.807) is 13.8 Å². The highest BCUT2D eigenvalue weighted by Crippen LogP contribution is 2.56. The summed E-state index contributed by atoms with van der Waals surface area (Å²) in [6.45, 7) is 2.78. The summed E-state index contributed by atoms with van der Waals surface area (Å²) in [5.74, 6) is -15.5. The predicted molar refractivity (Wildman–Crippen MR) is 403 cm³/mol. The van der Waals surface area contributed by atoms with E-state index in [0.29, 0.717) is 11.8 Å². The fraction of sp³-hybridized carbons (Fsp3) is 0.436. The van der Waals surface area contributed by atoms with E-state index in [2.05, 4.69) is 42.5 Å². The summed E-state index contributed by atoms with van der Waals surface area (Å²) < 4.78 is 60.9. The number of carbonyl (C=O) groups excluding carboxylic acids is 8. The normalized spacial score (nSPS) is 28.8. The molecule has 14 atom stereocenters. The fourth-order valence-corrected chi connectivity index (χ4v) is 18.5. The van der Waals surface area contributed by atoms with Crippen molar-refractivity contribution in [2.24, 2.45) is 35.3 Å². The summed E-state index contributed by atoms with van der Waals surface area (Å²) in [6, 6.07) is 4.64. The van der Waals surface area contributed by atoms with Crippen LogP contribution in [0.5, 0.6) is 40.2 Å². The van der Waals surface area contributed by atoms with Gasteiger partial charge in [0, 0.05) is 23.7 Å². The lowest BCUT2D eigenvalue weighted by Gasteiger charge is -2.54. The van der Waals surface area contributed by atoms with Crippen molar-refractivity contribution < 1.29 is 116 Å². The first-order chi connectivity index (χ1) is 54.7. The van der Waals surface area contributed by atoms with Gasteiger partial charge in [0.2, 0.25) is 65.1 Å². The lowest BCUT2D eigenvalue weighted by Crippen LogP contribution is -2.60. The topological polar surface area (TPSA) is 533 Å². The standard InChI is InChI=1S/C78H86Cl2N10O24S/c1-31(2)16-49(82-3)70(99)88-62-64(94)35-5-12-51(47(79)23-35)111-53-25-39-26-54(69(53)114-77-68(98)67(97)66(96)55(30-91)113-77)112-52-13-6-36(24-48(52)80)65(95)63-76(105)87-61(74(103)84-58-37-18-32-17-33(20-37)21-38(58)19-32)44-27-40(92)28-46-57(44)43-22-34(4-11-45(43)78(46,106)107)59(72(101)89-63)86-73(102)60(39)85-71(100)50(83-75(62)104)29-56(93)90-115(108,109)42-9-7-41(8-10-42)110-15-14-81/h4-13,22-28,31-33,37-38,49-50,55,58-68,77,82,91-92,94-98,106-107H,14-21,29-30,81H2,1-3H3,(H,83,104)(H,84,103)(H,85,100)(H,86,102)(H,87,105)(H,88,99)(H,89,101)(H,90,93)/t32?,33?,37?,38?,49-,50+,55-,58?,59-,60-,61+,62-,63+,64-,65-,66-,67+,68-,77+/m1/s1. The Kier molecular flexibility index (Phi) is 23.2. The minimum atomic E-state index is -4.90. The van der Waals surface area contributed by atoms with Gasteiger partial charge in [-0.2, -0.15) is 0 Å². The van der Waals surface area contributed by atoms with Crippen molar-refractivity contribution in [3.8, 4) is 51.4 Å². The number of rotatable bonds is 17. The Morgan fingerprint density at radius 1 is 0.661 bits per heavy atom. The van der Waals surface area contributed by atoms with E-state index in [-0.39, 0.29) is 93.8 Å². The maximum absolute atomic E-state index is 16.4. The van der Waals surface area contributed by atoms with Crippen LogP contribution >= 0.6 is 23.2 Å². The first kappa shape index (κ1) is 81.7. The van der Waals surface area contributed by atoms with E-state index in [1.165, 1.54) is 49.5 Å². The van der Waals surface area contributed by atoms with Crippen LogP contribution in [0.1, 0.15) is 128 Å². The van der Waals surface area contributed by atoms with Gasteiger partial charge in [0.05, 0.1) is 34.0 Å². The van der Waals surface area contributed by atoms with E-state index in [0.717, 1.165) is 92.8 Å². The number of amides is 8. The van der Waals surface area contributed by atoms with Crippen LogP contribution in [0.15, 0.2) is 108 Å². The van der Waals surface area contributed by atoms with Crippen molar-refractivity contribution in [2.75, 3.05) is 26.8 Å². The first-order valence-electron chi connectivity index (χ1n) is 37.4. The number of likely N-dealkylation sites (N-methyl/N-ethyl adjacent to an activating group) is 1. The highest BCUT2D eigenvalue weighted by atomic mass is 35.5. The summed E-state index contributed by atoms with van der Waals surface area (Å²) in [6.07, 6.45) is -11.1. The average Bonchev–Trinajstić information content (AvgIpc) is 1.56. The lowest BCUT2D eigenvalue weighted by molar-refractivity contribution is -0.277. The number of phenols is 1. The number of aliphatic hydroxyl groups excluding tert-OH is 6. The number of carbonyl (C=O) groups is 8. The van der Waals surface area contributed by atoms with Gasteiger partial charge in [-0.05, 0) is 193 Å². The van der Waals surface area contributed by atoms with Crippen molar-refractivity contribution in [1.29, 1.82) is 0 Å². The molecule has 612 valence electrons. The smallest absolute Gasteiger partial charge is 0.264 e. The number of aliphatic hydroxyl groups is 8. The maximum atomic E-state index is 16.4. The minimum absolute atomic E-state index is 0.0517. The zero-order chi connectivity index (χ0) is 82.1. The minimum Gasteiger partial charge on any atom is -0.508 e. The highest BCUT2D eigenvalue weighted by molar-refractivity contribution is 7.90. The summed E-state index contributed by atoms with van der Waals surface area (Å²) >= 11 is 14.2. The van der Waals surface area contributed by atoms with Crippen LogP contribution in [0.2, 0.25) is 10.0 Å². The van der Waals surface area contributed by atoms with Gasteiger partial charge in [-0.15, -0.1) is 0 Å². The van der Waals surface area contributed by atoms with Crippen LogP contribution in [0.3, 0.4) is 0 Å². The summed E-state index contributed by atoms with van der Waals surface area (Å²) in [7, 11) is -3.45. The number of nitrogens with two attached hydrogens (primary N) is 1. The molecule has 6 aromatic rings. The molecule has 4 saturated carbocycles. The van der Waals surface area contributed by atoms with Crippen molar-refractivity contribution in [3.63, 3.8) is 0 Å². The number of benzene rings is 6. The first-order valence-corrected chi connectivity index (χ1v) is 39.7. The number of phenolic OH excluding ortho intramolecular Hbond substituents is 1. The molecular formula is C78H86Cl2N10O24S. The van der Waals surface area contributed by atoms with E-state index in [1.807, 2.05) is 4.72 Å². The molecule has 0 radical (unpaired) electrons. The van der Waals surface area contributed by atoms with Gasteiger partial charge in [0.25, 0.3) is 10.0 Å². The SMILES string of the molecule is CN[C@H](CC(C)C)C(=O)N[C@H]1C(=O)N[C@@H](CC(=O)NS(=O)(=O)c2ccc(OCCN)cc2)C(=O)N[C@H]2C(=O)N[C@H]3C(=O)N[C@H](C(=O)N[C@H](C(=O)NC4C5CC6CC(C5)CC4C6)c4cc(O)cc5c4-c4cc3ccc4C5(O)O)[C@H](O)c3ccc(c(Cl)c3)Oc3cc2cc(c3O[C@@H]2O[C@H](CO)[C@@H](O)[C@H](O)[C@H]2O)Oc2ccc(cc2Cl)[C@H]1O. The number of nitrogens with one attached hydrogen (secondary N) is 9. The third-order valence-electron chi connectivity index (χ3n) is 22.5. The van der Waals surface area contributed by atoms with Crippen molar-refractivity contribution in [3.05, 3.63) is 152 Å². The lowest BCUT2D eigenvalue weighted by atomic mass is 9.54. The zero-order valence-electron chi connectivity index (χ0n) is 61.8. The van der Waals surface area contributed by atoms with Crippen LogP contribution in [-0.2, 0) is 58.9 Å². The largest absolute Gasteiger partial charge is 0.508 e. The van der Waals surface area contributed by atoms with Gasteiger partial charge in [0.1, 0.15) is 102 Å². The Balaban J connectivity index is 0.958. The zero-order valence-corrected chi connectivity index (χ0v) is 64.2. The number of ether oxygens (including phenoxy) is 5. The Hall–Kier alpha value is -9.83. The Morgan fingerprint density at radius 2 is 1.27 bits per heavy atom. The van der Waals surface area contributed by atoms with E-state index < -0.39 is 216 Å². The van der Waals surface area contributed by atoms with Crippen molar-refractivity contribution in [1.82, 2.24) is 47.3 Å². The Morgan fingerprint density at radius 3 is 1.88 bits per heavy atom. The molecule has 17 rings (SSSR count). The molecule has 1 saturated heterocycles. The Labute approximate surface area is 667 Å². The maximum Gasteiger partial charge on any atom is 0.264 e. The van der Waals surface area contributed by atoms with Crippen LogP contribution < -0.4 is 71.9 Å². The molecule has 11 aliphatic rings. The second-order valence-electron chi connectivity index (χ2n) is 30.7. The summed E-state index contributed by atoms with van der Waals surface area (Å²) in [4.78, 5) is 123. The van der Waals surface area contributed by atoms with Crippen molar-refractivity contribution in [2.45, 2.75) is 161 Å². The second-order valence-corrected chi connectivity index (χ2v) is 33.2. The molecule has 20 N–H and O–H groups in total. The number of hydrogen-bond donors (Lipinski definition) is 19. The predicted octanol–water partition coefficient (Wildman–Crippen LogP) is 1.17. The average molecular weight is 1650 g/mol. The summed E-state index contributed by atoms with van der Waals surface area (Å²) in [5.41, 5.74) is 3.22. The molecule has 115 heavy (non-hydrogen) atoms. The molecule has 8 amide bonds. The molecule has 37 heteroatoms. The van der Waals surface area contributed by atoms with Crippen LogP contribution in [-0.4, -0.2) is 189 Å². The molecule has 6 heterocycles. The Bertz CT molecular complexity index is 4950. The summed E-state index contributed by atoms with van der Waals surface area (Å²) in [5, 5.41) is 126. The molecule has 34 nitrogen and oxygen atoms in total. The highest BCUT2D eigenvalue weighted by Gasteiger charge is 2.52. The molecule has 15 bridgehead atoms. The third kappa shape index (κ3) is 16.3. The van der Waals surface area contributed by atoms with Gasteiger partial charge in [-0.25, -0.2) is 13.1 Å². The monoisotopic (exact) mass is 1650 g/mol. The molecular weight excluding hydrogens is 1560 g/mol. The van der Waals surface area contributed by atoms with Crippen LogP contribution in [0, 0.1) is 29.6 Å². The quantitative estimate of drug-likeness (QED) is 0.0570. The van der Waals surface area contributed by atoms with Gasteiger partial charge in [0.15, 0.2) is 11.5 Å². The van der Waals surface area contributed by atoms with Gasteiger partial charge in [-0.1, -0.05) is 61.3 Å². The number of halogens is 2. The van der Waals surface area contributed by atoms with Gasteiger partial charge in [-0.3, -0.25) is 38.4 Å². The van der Waals surface area contributed by atoms with Gasteiger partial charge >= 0.3 is 0 Å². The fourth-order valence-electron chi connectivity index (χ4n) is 17.0. The molecule has 0 spiro atoms.